The predicted molar refractivity (Wildman–Crippen MR) is 118 cm³/mol. The molecule has 0 fully saturated rings. The van der Waals surface area contributed by atoms with Gasteiger partial charge in [0, 0.05) is 21.4 Å². The van der Waals surface area contributed by atoms with E-state index >= 15 is 0 Å². The normalized spacial score (nSPS) is 11.0. The highest BCUT2D eigenvalue weighted by molar-refractivity contribution is 14.1. The van der Waals surface area contributed by atoms with Gasteiger partial charge in [0.25, 0.3) is 0 Å². The highest BCUT2D eigenvalue weighted by atomic mass is 127. The summed E-state index contributed by atoms with van der Waals surface area (Å²) in [5, 5.41) is 0.808. The molecule has 6 nitrogen and oxygen atoms in total. The molecule has 0 N–H and O–H groups in total. The van der Waals surface area contributed by atoms with Crippen molar-refractivity contribution >= 4 is 45.6 Å². The van der Waals surface area contributed by atoms with Gasteiger partial charge in [0.05, 0.1) is 18.7 Å². The topological polar surface area (TPSA) is 70.4 Å². The quantitative estimate of drug-likeness (QED) is 0.217. The summed E-state index contributed by atoms with van der Waals surface area (Å²) in [4.78, 5) is 28.9. The van der Waals surface area contributed by atoms with Crippen LogP contribution in [0.2, 0.25) is 0 Å². The van der Waals surface area contributed by atoms with Crippen LogP contribution in [0.1, 0.15) is 75.7 Å². The number of ether oxygens (including phenoxy) is 2. The van der Waals surface area contributed by atoms with Gasteiger partial charge >= 0.3 is 12.1 Å². The Morgan fingerprint density at radius 3 is 2.29 bits per heavy atom. The molecule has 2 heterocycles. The first-order valence-electron chi connectivity index (χ1n) is 10.1. The van der Waals surface area contributed by atoms with Crippen molar-refractivity contribution in [1.82, 2.24) is 9.55 Å². The van der Waals surface area contributed by atoms with E-state index in [1.54, 1.807) is 18.5 Å². The third kappa shape index (κ3) is 6.46. The number of rotatable bonds is 11. The van der Waals surface area contributed by atoms with Crippen LogP contribution in [0.5, 0.6) is 0 Å². The number of carbonyl (C=O) groups is 2. The standard InChI is InChI=1S/C21H29IN2O4/c1-3-5-7-9-11-27-20(25)18-13-19-16(14-23-18)17(22)15-24(19)21(26)28-12-10-8-6-4-2/h13-15H,3-12H2,1-2H3. The number of hydrogen-bond acceptors (Lipinski definition) is 5. The van der Waals surface area contributed by atoms with Crippen molar-refractivity contribution in [2.24, 2.45) is 0 Å². The number of hydrogen-bond donors (Lipinski definition) is 0. The van der Waals surface area contributed by atoms with Gasteiger partial charge in [-0.2, -0.15) is 0 Å². The molecule has 28 heavy (non-hydrogen) atoms. The van der Waals surface area contributed by atoms with Crippen molar-refractivity contribution in [1.29, 1.82) is 0 Å². The number of nitrogens with zero attached hydrogens (tertiary/aromatic N) is 2. The molecule has 2 aromatic rings. The lowest BCUT2D eigenvalue weighted by Gasteiger charge is -2.07. The molecule has 0 aliphatic heterocycles. The van der Waals surface area contributed by atoms with Crippen LogP contribution >= 0.6 is 22.6 Å². The summed E-state index contributed by atoms with van der Waals surface area (Å²) >= 11 is 2.15. The first-order chi connectivity index (χ1) is 13.6. The third-order valence-corrected chi connectivity index (χ3v) is 5.36. The average molecular weight is 500 g/mol. The summed E-state index contributed by atoms with van der Waals surface area (Å²) in [6.07, 6.45) is 11.2. The van der Waals surface area contributed by atoms with E-state index in [0.29, 0.717) is 18.7 Å². The lowest BCUT2D eigenvalue weighted by atomic mass is 10.2. The molecule has 0 atom stereocenters. The molecule has 0 amide bonds. The Balaban J connectivity index is 2.04. The van der Waals surface area contributed by atoms with Crippen molar-refractivity contribution in [3.8, 4) is 0 Å². The number of esters is 1. The zero-order valence-electron chi connectivity index (χ0n) is 16.7. The van der Waals surface area contributed by atoms with Gasteiger partial charge in [0.15, 0.2) is 0 Å². The maximum atomic E-state index is 12.5. The largest absolute Gasteiger partial charge is 0.461 e. The van der Waals surface area contributed by atoms with Gasteiger partial charge < -0.3 is 9.47 Å². The second-order valence-electron chi connectivity index (χ2n) is 6.81. The summed E-state index contributed by atoms with van der Waals surface area (Å²) in [6.45, 7) is 5.06. The van der Waals surface area contributed by atoms with E-state index in [4.69, 9.17) is 9.47 Å². The first kappa shape index (κ1) is 22.6. The molecular formula is C21H29IN2O4. The smallest absolute Gasteiger partial charge is 0.418 e. The van der Waals surface area contributed by atoms with Crippen LogP contribution in [-0.2, 0) is 9.47 Å². The van der Waals surface area contributed by atoms with Crippen LogP contribution in [0.3, 0.4) is 0 Å². The molecule has 154 valence electrons. The Kier molecular flexibility index (Phi) is 9.73. The van der Waals surface area contributed by atoms with Gasteiger partial charge in [0.1, 0.15) is 5.69 Å². The fraction of sp³-hybridized carbons (Fsp3) is 0.571. The highest BCUT2D eigenvalue weighted by Gasteiger charge is 2.17. The van der Waals surface area contributed by atoms with Gasteiger partial charge in [0.2, 0.25) is 0 Å². The van der Waals surface area contributed by atoms with Crippen molar-refractivity contribution < 1.29 is 19.1 Å². The minimum Gasteiger partial charge on any atom is -0.461 e. The fourth-order valence-electron chi connectivity index (χ4n) is 2.87. The van der Waals surface area contributed by atoms with E-state index in [-0.39, 0.29) is 5.69 Å². The Bertz CT molecular complexity index is 788. The molecule has 0 bridgehead atoms. The van der Waals surface area contributed by atoms with E-state index in [0.717, 1.165) is 60.3 Å². The zero-order chi connectivity index (χ0) is 20.4. The molecule has 2 aromatic heterocycles. The minimum atomic E-state index is -0.464. The molecule has 7 heteroatoms. The number of pyridine rings is 1. The molecule has 0 saturated carbocycles. The monoisotopic (exact) mass is 500 g/mol. The third-order valence-electron chi connectivity index (χ3n) is 4.50. The molecule has 0 aromatic carbocycles. The maximum Gasteiger partial charge on any atom is 0.418 e. The number of fused-ring (bicyclic) bond motifs is 1. The van der Waals surface area contributed by atoms with Gasteiger partial charge in [-0.15, -0.1) is 0 Å². The second-order valence-corrected chi connectivity index (χ2v) is 7.97. The molecule has 0 aliphatic carbocycles. The summed E-state index contributed by atoms with van der Waals surface area (Å²) in [5.74, 6) is -0.464. The highest BCUT2D eigenvalue weighted by Crippen LogP contribution is 2.23. The van der Waals surface area contributed by atoms with Crippen LogP contribution in [0, 0.1) is 3.57 Å². The van der Waals surface area contributed by atoms with E-state index in [9.17, 15) is 9.59 Å². The van der Waals surface area contributed by atoms with Crippen LogP contribution in [0.15, 0.2) is 18.5 Å². The van der Waals surface area contributed by atoms with Crippen LogP contribution in [-0.4, -0.2) is 34.8 Å². The van der Waals surface area contributed by atoms with Gasteiger partial charge in [-0.1, -0.05) is 52.4 Å². The van der Waals surface area contributed by atoms with Gasteiger partial charge in [-0.25, -0.2) is 14.6 Å². The number of unbranched alkanes of at least 4 members (excludes halogenated alkanes) is 6. The SMILES string of the molecule is CCCCCCOC(=O)c1cc2c(cn1)c(I)cn2C(=O)OCCCCCC. The molecule has 0 saturated heterocycles. The lowest BCUT2D eigenvalue weighted by molar-refractivity contribution is 0.0491. The number of carbonyl (C=O) groups excluding carboxylic acids is 2. The first-order valence-corrected chi connectivity index (χ1v) is 11.2. The zero-order valence-corrected chi connectivity index (χ0v) is 18.9. The Morgan fingerprint density at radius 1 is 1.00 bits per heavy atom. The Morgan fingerprint density at radius 2 is 1.64 bits per heavy atom. The summed E-state index contributed by atoms with van der Waals surface area (Å²) < 4.78 is 13.0. The maximum absolute atomic E-state index is 12.5. The molecule has 0 radical (unpaired) electrons. The Hall–Kier alpha value is -1.64. The fourth-order valence-corrected chi connectivity index (χ4v) is 3.56. The Labute approximate surface area is 180 Å². The van der Waals surface area contributed by atoms with E-state index in [1.807, 2.05) is 0 Å². The molecule has 0 unspecified atom stereocenters. The van der Waals surface area contributed by atoms with Crippen molar-refractivity contribution in [2.45, 2.75) is 65.2 Å². The lowest BCUT2D eigenvalue weighted by Crippen LogP contribution is -2.14. The van der Waals surface area contributed by atoms with E-state index in [2.05, 4.69) is 41.4 Å². The van der Waals surface area contributed by atoms with E-state index < -0.39 is 12.1 Å². The summed E-state index contributed by atoms with van der Waals surface area (Å²) in [7, 11) is 0. The van der Waals surface area contributed by atoms with Crippen LogP contribution in [0.4, 0.5) is 4.79 Å². The molecule has 0 aliphatic rings. The molecule has 2 rings (SSSR count). The summed E-state index contributed by atoms with van der Waals surface area (Å²) in [5.41, 5.74) is 0.811. The average Bonchev–Trinajstić information content (AvgIpc) is 3.03. The van der Waals surface area contributed by atoms with Crippen LogP contribution in [0.25, 0.3) is 10.9 Å². The van der Waals surface area contributed by atoms with Gasteiger partial charge in [-0.3, -0.25) is 4.57 Å². The van der Waals surface area contributed by atoms with Gasteiger partial charge in [-0.05, 0) is 41.5 Å². The molecule has 0 spiro atoms. The van der Waals surface area contributed by atoms with Crippen molar-refractivity contribution in [3.63, 3.8) is 0 Å². The number of aromatic nitrogens is 2. The predicted octanol–water partition coefficient (Wildman–Crippen LogP) is 5.94. The summed E-state index contributed by atoms with van der Waals surface area (Å²) in [6, 6.07) is 1.60. The second kappa shape index (κ2) is 12.0. The van der Waals surface area contributed by atoms with E-state index in [1.165, 1.54) is 4.57 Å². The number of halogens is 1. The minimum absolute atomic E-state index is 0.203. The molecular weight excluding hydrogens is 471 g/mol. The van der Waals surface area contributed by atoms with Crippen molar-refractivity contribution in [3.05, 3.63) is 27.7 Å². The van der Waals surface area contributed by atoms with Crippen LogP contribution < -0.4 is 0 Å². The van der Waals surface area contributed by atoms with Crippen molar-refractivity contribution in [2.75, 3.05) is 13.2 Å².